The van der Waals surface area contributed by atoms with Gasteiger partial charge in [-0.05, 0) is 131 Å². The summed E-state index contributed by atoms with van der Waals surface area (Å²) in [5.41, 5.74) is 26.6. The van der Waals surface area contributed by atoms with Gasteiger partial charge in [0.1, 0.15) is 0 Å². The number of rotatable bonds is 2. The van der Waals surface area contributed by atoms with Crippen LogP contribution in [0.3, 0.4) is 0 Å². The van der Waals surface area contributed by atoms with Crippen LogP contribution in [0.15, 0.2) is 152 Å². The Labute approximate surface area is 424 Å². The van der Waals surface area contributed by atoms with Gasteiger partial charge in [-0.15, -0.1) is 11.3 Å². The minimum absolute atomic E-state index is 0.0205. The Morgan fingerprint density at radius 1 is 0.493 bits per heavy atom. The number of hydrogen-bond acceptors (Lipinski definition) is 2. The Bertz CT molecular complexity index is 3970. The third-order valence-electron chi connectivity index (χ3n) is 17.7. The molecule has 2 aromatic heterocycles. The fourth-order valence-corrected chi connectivity index (χ4v) is 15.3. The van der Waals surface area contributed by atoms with Crippen LogP contribution in [0.25, 0.3) is 71.0 Å². The Kier molecular flexibility index (Phi) is 8.44. The summed E-state index contributed by atoms with van der Waals surface area (Å²) in [7, 11) is 0. The van der Waals surface area contributed by atoms with Crippen molar-refractivity contribution in [3.05, 3.63) is 196 Å². The zero-order chi connectivity index (χ0) is 49.1. The molecule has 2 aliphatic carbocycles. The van der Waals surface area contributed by atoms with Crippen LogP contribution >= 0.6 is 11.3 Å². The molecule has 8 aromatic carbocycles. The van der Waals surface area contributed by atoms with Crippen LogP contribution in [0.2, 0.25) is 0 Å². The number of hydrogen-bond donors (Lipinski definition) is 0. The predicted molar refractivity (Wildman–Crippen MR) is 306 cm³/mol. The molecular weight excluding hydrogens is 876 g/mol. The van der Waals surface area contributed by atoms with E-state index in [9.17, 15) is 0 Å². The second-order valence-corrected chi connectivity index (χ2v) is 26.0. The molecule has 348 valence electrons. The molecule has 4 aliphatic rings. The quantitative estimate of drug-likeness (QED) is 0.157. The van der Waals surface area contributed by atoms with Crippen molar-refractivity contribution in [2.45, 2.75) is 110 Å². The topological polar surface area (TPSA) is 8.17 Å². The lowest BCUT2D eigenvalue weighted by Crippen LogP contribution is -2.60. The van der Waals surface area contributed by atoms with Gasteiger partial charge in [-0.3, -0.25) is 0 Å². The molecule has 0 amide bonds. The third-order valence-corrected chi connectivity index (χ3v) is 18.9. The lowest BCUT2D eigenvalue weighted by Gasteiger charge is -2.47. The molecule has 0 bridgehead atoms. The molecule has 0 saturated carbocycles. The third kappa shape index (κ3) is 5.55. The summed E-state index contributed by atoms with van der Waals surface area (Å²) < 4.78 is 5.47. The Hall–Kier alpha value is -6.62. The molecule has 0 unspecified atom stereocenters. The van der Waals surface area contributed by atoms with Gasteiger partial charge in [-0.25, -0.2) is 0 Å². The van der Waals surface area contributed by atoms with E-state index >= 15 is 0 Å². The van der Waals surface area contributed by atoms with E-state index in [-0.39, 0.29) is 33.9 Å². The van der Waals surface area contributed by atoms with Gasteiger partial charge in [-0.1, -0.05) is 192 Å². The van der Waals surface area contributed by atoms with E-state index in [0.717, 1.165) is 0 Å². The van der Waals surface area contributed by atoms with Gasteiger partial charge in [0.25, 0.3) is 0 Å². The predicted octanol–water partition coefficient (Wildman–Crippen LogP) is 16.8. The van der Waals surface area contributed by atoms with Crippen LogP contribution in [-0.2, 0) is 27.1 Å². The van der Waals surface area contributed by atoms with Gasteiger partial charge < -0.3 is 9.38 Å². The fourth-order valence-electron chi connectivity index (χ4n) is 14.0. The van der Waals surface area contributed by atoms with E-state index in [2.05, 4.69) is 244 Å². The zero-order valence-electron chi connectivity index (χ0n) is 43.3. The normalized spacial score (nSPS) is 16.5. The van der Waals surface area contributed by atoms with Crippen molar-refractivity contribution in [3.8, 4) is 39.1 Å². The summed E-state index contributed by atoms with van der Waals surface area (Å²) >= 11 is 2.01. The summed E-state index contributed by atoms with van der Waals surface area (Å²) in [5, 5.41) is 4.09. The lowest BCUT2D eigenvalue weighted by molar-refractivity contribution is 0.521. The van der Waals surface area contributed by atoms with Crippen molar-refractivity contribution in [1.29, 1.82) is 0 Å². The molecule has 2 aliphatic heterocycles. The van der Waals surface area contributed by atoms with Crippen molar-refractivity contribution >= 4 is 71.7 Å². The molecular formula is C67H61BN2S. The first-order valence-corrected chi connectivity index (χ1v) is 26.7. The van der Waals surface area contributed by atoms with Crippen molar-refractivity contribution in [3.63, 3.8) is 0 Å². The van der Waals surface area contributed by atoms with E-state index in [1.165, 1.54) is 137 Å². The van der Waals surface area contributed by atoms with Crippen LogP contribution in [0.4, 0.5) is 11.4 Å². The van der Waals surface area contributed by atoms with Crippen molar-refractivity contribution < 1.29 is 0 Å². The summed E-state index contributed by atoms with van der Waals surface area (Å²) in [6.45, 7) is 28.9. The maximum atomic E-state index is 2.79. The Balaban J connectivity index is 1.21. The lowest BCUT2D eigenvalue weighted by atomic mass is 9.46. The molecule has 4 heterocycles. The van der Waals surface area contributed by atoms with Gasteiger partial charge in [0.05, 0.1) is 16.7 Å². The Morgan fingerprint density at radius 3 is 1.79 bits per heavy atom. The number of aromatic nitrogens is 1. The fraction of sp³-hybridized carbons (Fsp3) is 0.254. The largest absolute Gasteiger partial charge is 0.376 e. The minimum atomic E-state index is -0.261. The number of fused-ring (bicyclic) bond motifs is 17. The van der Waals surface area contributed by atoms with E-state index in [1.807, 2.05) is 11.3 Å². The van der Waals surface area contributed by atoms with Crippen LogP contribution in [0.5, 0.6) is 0 Å². The van der Waals surface area contributed by atoms with Gasteiger partial charge in [0, 0.05) is 58.8 Å². The van der Waals surface area contributed by atoms with Crippen LogP contribution < -0.4 is 15.1 Å². The Morgan fingerprint density at radius 2 is 1.11 bits per heavy atom. The highest BCUT2D eigenvalue weighted by atomic mass is 32.1. The van der Waals surface area contributed by atoms with Crippen LogP contribution in [0, 0.1) is 0 Å². The number of thiophene rings is 1. The SMILES string of the molecule is CC(C)(C)c1ccc(N2B3c4sc5cc(-c6ccccc6)ccc5c4-n4c5ccc(C(C)(C)C)cc5c5c6c(c(c3c54)-c3cc4c(cc32)C(C)(C)c2ccccc2C4(C)C)-c2ccccc2C6(C)C)cc1. The monoisotopic (exact) mass is 936 g/mol. The molecule has 0 fully saturated rings. The molecule has 0 N–H and O–H groups in total. The van der Waals surface area contributed by atoms with Crippen LogP contribution in [0.1, 0.15) is 128 Å². The highest BCUT2D eigenvalue weighted by molar-refractivity contribution is 7.32. The molecule has 71 heavy (non-hydrogen) atoms. The summed E-state index contributed by atoms with van der Waals surface area (Å²) in [4.78, 5) is 2.79. The average molecular weight is 937 g/mol. The van der Waals surface area contributed by atoms with Gasteiger partial charge in [-0.2, -0.15) is 0 Å². The summed E-state index contributed by atoms with van der Waals surface area (Å²) in [6, 6.07) is 59.3. The second-order valence-electron chi connectivity index (χ2n) is 24.9. The number of nitrogens with zero attached hydrogens (tertiary/aromatic N) is 2. The first-order chi connectivity index (χ1) is 33.8. The number of benzene rings is 8. The van der Waals surface area contributed by atoms with Gasteiger partial charge in [0.2, 0.25) is 0 Å². The van der Waals surface area contributed by atoms with Crippen LogP contribution in [-0.4, -0.2) is 11.4 Å². The molecule has 14 rings (SSSR count). The molecule has 2 nitrogen and oxygen atoms in total. The van der Waals surface area contributed by atoms with Crippen molar-refractivity contribution in [2.75, 3.05) is 4.81 Å². The summed E-state index contributed by atoms with van der Waals surface area (Å²) in [6.07, 6.45) is 0. The standard InChI is InChI=1S/C67H61BN2S/c1-63(2,3)40-27-30-42(31-28-40)70-53-37-51-50(65(7,8)48-24-18-19-25-49(48)66(51,9)10)36-46(53)56-55-43-22-16-17-23-47(43)67(11,12)58(55)57-45-35-41(64(4,5)6)29-33-52(45)69-60-44-32-26-39(38-20-14-13-15-21-38)34-54(44)71-62(60)68(70)59(56)61(57)69/h13-37H,1-12H3. The average Bonchev–Trinajstić information content (AvgIpc) is 3.98. The van der Waals surface area contributed by atoms with E-state index in [4.69, 9.17) is 0 Å². The molecule has 0 radical (unpaired) electrons. The first-order valence-electron chi connectivity index (χ1n) is 25.9. The number of anilines is 2. The van der Waals surface area contributed by atoms with E-state index in [1.54, 1.807) is 0 Å². The maximum absolute atomic E-state index is 2.79. The first kappa shape index (κ1) is 43.2. The molecule has 0 atom stereocenters. The van der Waals surface area contributed by atoms with Gasteiger partial charge >= 0.3 is 6.85 Å². The smallest absolute Gasteiger partial charge is 0.343 e. The molecule has 4 heteroatoms. The zero-order valence-corrected chi connectivity index (χ0v) is 44.1. The molecule has 0 spiro atoms. The highest BCUT2D eigenvalue weighted by Gasteiger charge is 2.52. The summed E-state index contributed by atoms with van der Waals surface area (Å²) in [5.74, 6) is 0. The molecule has 10 aromatic rings. The van der Waals surface area contributed by atoms with Crippen molar-refractivity contribution in [1.82, 2.24) is 4.57 Å². The maximum Gasteiger partial charge on any atom is 0.343 e. The van der Waals surface area contributed by atoms with Gasteiger partial charge in [0.15, 0.2) is 0 Å². The van der Waals surface area contributed by atoms with Crippen molar-refractivity contribution in [2.24, 2.45) is 0 Å². The van der Waals surface area contributed by atoms with E-state index < -0.39 is 0 Å². The second kappa shape index (κ2) is 13.9. The highest BCUT2D eigenvalue weighted by Crippen LogP contribution is 2.61. The molecule has 0 saturated heterocycles. The van der Waals surface area contributed by atoms with E-state index in [0.29, 0.717) is 0 Å². The minimum Gasteiger partial charge on any atom is -0.376 e.